The van der Waals surface area contributed by atoms with Crippen LogP contribution in [0.2, 0.25) is 5.02 Å². The summed E-state index contributed by atoms with van der Waals surface area (Å²) in [6.07, 6.45) is 0.0493. The van der Waals surface area contributed by atoms with Gasteiger partial charge in [-0.2, -0.15) is 0 Å². The Morgan fingerprint density at radius 2 is 2.16 bits per heavy atom. The number of hydrogen-bond acceptors (Lipinski definition) is 4. The van der Waals surface area contributed by atoms with E-state index in [0.717, 1.165) is 0 Å². The quantitative estimate of drug-likeness (QED) is 0.509. The minimum atomic E-state index is -0.634. The van der Waals surface area contributed by atoms with Gasteiger partial charge >= 0.3 is 0 Å². The number of nitrogens with one attached hydrogen (secondary N) is 1. The molecule has 0 aliphatic rings. The predicted molar refractivity (Wildman–Crippen MR) is 104 cm³/mol. The van der Waals surface area contributed by atoms with Crippen molar-refractivity contribution >= 4 is 50.8 Å². The first-order chi connectivity index (χ1) is 11.8. The van der Waals surface area contributed by atoms with Crippen LogP contribution in [0.4, 0.5) is 15.8 Å². The number of carbonyl (C=O) groups is 1. The molecule has 2 aromatic rings. The average Bonchev–Trinajstić information content (AvgIpc) is 2.56. The maximum absolute atomic E-state index is 13.6. The van der Waals surface area contributed by atoms with Crippen LogP contribution in [0.25, 0.3) is 5.57 Å². The highest BCUT2D eigenvalue weighted by atomic mass is 79.9. The van der Waals surface area contributed by atoms with Gasteiger partial charge in [0.25, 0.3) is 0 Å². The molecule has 0 fully saturated rings. The third-order valence-electron chi connectivity index (χ3n) is 3.57. The Morgan fingerprint density at radius 3 is 2.76 bits per heavy atom. The molecule has 0 saturated heterocycles. The molecule has 0 amide bonds. The number of benzene rings is 2. The number of halogens is 3. The second kappa shape index (κ2) is 7.89. The van der Waals surface area contributed by atoms with Crippen molar-refractivity contribution in [1.29, 1.82) is 0 Å². The Labute approximate surface area is 158 Å². The third kappa shape index (κ3) is 3.96. The fourth-order valence-electron chi connectivity index (χ4n) is 2.37. The fraction of sp³-hybridized carbons (Fsp3) is 0.167. The highest BCUT2D eigenvalue weighted by Gasteiger charge is 2.20. The van der Waals surface area contributed by atoms with Crippen molar-refractivity contribution in [2.24, 2.45) is 0 Å². The first-order valence-electron chi connectivity index (χ1n) is 7.36. The van der Waals surface area contributed by atoms with Gasteiger partial charge in [0.05, 0.1) is 10.2 Å². The lowest BCUT2D eigenvalue weighted by molar-refractivity contribution is -0.113. The van der Waals surface area contributed by atoms with Crippen LogP contribution in [0.3, 0.4) is 0 Å². The maximum atomic E-state index is 13.6. The van der Waals surface area contributed by atoms with E-state index in [4.69, 9.17) is 22.1 Å². The Morgan fingerprint density at radius 1 is 1.48 bits per heavy atom. The number of aldehydes is 1. The molecular weight excluding hydrogens is 411 g/mol. The van der Waals surface area contributed by atoms with E-state index < -0.39 is 11.9 Å². The lowest BCUT2D eigenvalue weighted by Crippen LogP contribution is -2.14. The van der Waals surface area contributed by atoms with Gasteiger partial charge in [0.1, 0.15) is 11.6 Å². The van der Waals surface area contributed by atoms with Gasteiger partial charge in [-0.05, 0) is 46.6 Å². The van der Waals surface area contributed by atoms with Crippen LogP contribution in [0.1, 0.15) is 18.1 Å². The topological polar surface area (TPSA) is 64.3 Å². The number of anilines is 2. The minimum Gasteiger partial charge on any atom is -0.481 e. The Bertz CT molecular complexity index is 842. The molecule has 2 aromatic carbocycles. The number of nitrogens with two attached hydrogens (primary N) is 1. The van der Waals surface area contributed by atoms with Gasteiger partial charge in [-0.3, -0.25) is 4.79 Å². The standard InChI is InChI=1S/C18H17BrClFN2O2/c1-9(8-24)25-15-7-14(22)16(17(19)18(15)23-3)10(2)12-6-11(21)4-5-13(12)20/h4-9,23H,2,22H2,1,3H3. The molecule has 1 unspecified atom stereocenters. The van der Waals surface area contributed by atoms with E-state index in [-0.39, 0.29) is 0 Å². The van der Waals surface area contributed by atoms with Gasteiger partial charge in [-0.15, -0.1) is 0 Å². The summed E-state index contributed by atoms with van der Waals surface area (Å²) in [4.78, 5) is 10.9. The van der Waals surface area contributed by atoms with Gasteiger partial charge < -0.3 is 15.8 Å². The highest BCUT2D eigenvalue weighted by Crippen LogP contribution is 2.44. The molecule has 1 atom stereocenters. The van der Waals surface area contributed by atoms with E-state index >= 15 is 0 Å². The second-order valence-corrected chi connectivity index (χ2v) is 6.54. The van der Waals surface area contributed by atoms with Crippen molar-refractivity contribution in [2.75, 3.05) is 18.1 Å². The Kier molecular flexibility index (Phi) is 6.08. The monoisotopic (exact) mass is 426 g/mol. The molecule has 4 nitrogen and oxygen atoms in total. The van der Waals surface area contributed by atoms with E-state index in [1.54, 1.807) is 20.0 Å². The molecule has 0 radical (unpaired) electrons. The van der Waals surface area contributed by atoms with Gasteiger partial charge in [-0.25, -0.2) is 4.39 Å². The normalized spacial score (nSPS) is 11.7. The molecule has 0 aliphatic carbocycles. The summed E-state index contributed by atoms with van der Waals surface area (Å²) in [7, 11) is 1.70. The van der Waals surface area contributed by atoms with Crippen molar-refractivity contribution in [3.63, 3.8) is 0 Å². The SMILES string of the molecule is C=C(c1cc(F)ccc1Cl)c1c(N)cc(OC(C)C=O)c(NC)c1Br. The molecule has 132 valence electrons. The van der Waals surface area contributed by atoms with E-state index in [1.165, 1.54) is 18.2 Å². The largest absolute Gasteiger partial charge is 0.481 e. The third-order valence-corrected chi connectivity index (χ3v) is 4.69. The molecular formula is C18H17BrClFN2O2. The van der Waals surface area contributed by atoms with Gasteiger partial charge in [0, 0.05) is 35.0 Å². The lowest BCUT2D eigenvalue weighted by atomic mass is 9.97. The zero-order valence-electron chi connectivity index (χ0n) is 13.7. The smallest absolute Gasteiger partial charge is 0.160 e. The van der Waals surface area contributed by atoms with Crippen LogP contribution < -0.4 is 15.8 Å². The summed E-state index contributed by atoms with van der Waals surface area (Å²) >= 11 is 9.66. The van der Waals surface area contributed by atoms with E-state index in [9.17, 15) is 9.18 Å². The number of nitrogen functional groups attached to an aromatic ring is 1. The fourth-order valence-corrected chi connectivity index (χ4v) is 3.46. The summed E-state index contributed by atoms with van der Waals surface area (Å²) in [5.41, 5.74) is 8.56. The van der Waals surface area contributed by atoms with Crippen LogP contribution in [-0.2, 0) is 4.79 Å². The maximum Gasteiger partial charge on any atom is 0.160 e. The molecule has 0 spiro atoms. The minimum absolute atomic E-state index is 0.351. The lowest BCUT2D eigenvalue weighted by Gasteiger charge is -2.20. The number of ether oxygens (including phenoxy) is 1. The molecule has 0 aromatic heterocycles. The van der Waals surface area contributed by atoms with Crippen LogP contribution in [0.5, 0.6) is 5.75 Å². The molecule has 25 heavy (non-hydrogen) atoms. The Balaban J connectivity index is 2.60. The van der Waals surface area contributed by atoms with Crippen molar-refractivity contribution in [1.82, 2.24) is 0 Å². The van der Waals surface area contributed by atoms with Crippen LogP contribution in [-0.4, -0.2) is 19.4 Å². The molecule has 0 saturated carbocycles. The summed E-state index contributed by atoms with van der Waals surface area (Å²) in [5, 5.41) is 3.36. The van der Waals surface area contributed by atoms with Crippen LogP contribution in [0, 0.1) is 5.82 Å². The predicted octanol–water partition coefficient (Wildman–Crippen LogP) is 4.89. The average molecular weight is 428 g/mol. The molecule has 2 rings (SSSR count). The molecule has 7 heteroatoms. The van der Waals surface area contributed by atoms with Crippen molar-refractivity contribution in [3.05, 3.63) is 57.3 Å². The molecule has 0 aliphatic heterocycles. The van der Waals surface area contributed by atoms with Crippen molar-refractivity contribution in [3.8, 4) is 5.75 Å². The summed E-state index contributed by atoms with van der Waals surface area (Å²) in [5.74, 6) is -0.0165. The second-order valence-electron chi connectivity index (χ2n) is 5.34. The highest BCUT2D eigenvalue weighted by molar-refractivity contribution is 9.10. The zero-order valence-corrected chi connectivity index (χ0v) is 16.0. The van der Waals surface area contributed by atoms with E-state index in [1.807, 2.05) is 0 Å². The van der Waals surface area contributed by atoms with E-state index in [2.05, 4.69) is 27.8 Å². The van der Waals surface area contributed by atoms with Crippen LogP contribution >= 0.6 is 27.5 Å². The number of carbonyl (C=O) groups excluding carboxylic acids is 1. The van der Waals surface area contributed by atoms with E-state index in [0.29, 0.717) is 49.6 Å². The Hall–Kier alpha value is -2.05. The van der Waals surface area contributed by atoms with Gasteiger partial charge in [0.2, 0.25) is 0 Å². The van der Waals surface area contributed by atoms with Gasteiger partial charge in [-0.1, -0.05) is 18.2 Å². The molecule has 0 heterocycles. The first-order valence-corrected chi connectivity index (χ1v) is 8.53. The van der Waals surface area contributed by atoms with Crippen molar-refractivity contribution in [2.45, 2.75) is 13.0 Å². The summed E-state index contributed by atoms with van der Waals surface area (Å²) in [6, 6.07) is 5.62. The first kappa shape index (κ1) is 19.3. The van der Waals surface area contributed by atoms with Crippen molar-refractivity contribution < 1.29 is 13.9 Å². The van der Waals surface area contributed by atoms with Crippen LogP contribution in [0.15, 0.2) is 35.3 Å². The number of rotatable bonds is 6. The zero-order chi connectivity index (χ0) is 18.7. The number of hydrogen-bond donors (Lipinski definition) is 2. The summed E-state index contributed by atoms with van der Waals surface area (Å²) < 4.78 is 19.8. The van der Waals surface area contributed by atoms with Gasteiger partial charge in [0.15, 0.2) is 12.4 Å². The molecule has 3 N–H and O–H groups in total. The molecule has 0 bridgehead atoms. The summed E-state index contributed by atoms with van der Waals surface area (Å²) in [6.45, 7) is 5.64.